The number of hydrogen-bond donors (Lipinski definition) is 1. The first-order chi connectivity index (χ1) is 9.20. The highest BCUT2D eigenvalue weighted by Gasteiger charge is 2.27. The summed E-state index contributed by atoms with van der Waals surface area (Å²) in [4.78, 5) is 2.72. The summed E-state index contributed by atoms with van der Waals surface area (Å²) in [5.41, 5.74) is 0. The molecule has 1 aliphatic heterocycles. The van der Waals surface area contributed by atoms with Crippen molar-refractivity contribution >= 4 is 0 Å². The molecule has 19 heavy (non-hydrogen) atoms. The molecule has 1 atom stereocenters. The van der Waals surface area contributed by atoms with Gasteiger partial charge in [0.15, 0.2) is 0 Å². The molecule has 2 rings (SSSR count). The van der Waals surface area contributed by atoms with Crippen molar-refractivity contribution < 1.29 is 0 Å². The fourth-order valence-corrected chi connectivity index (χ4v) is 4.09. The van der Waals surface area contributed by atoms with E-state index in [2.05, 4.69) is 31.1 Å². The summed E-state index contributed by atoms with van der Waals surface area (Å²) in [7, 11) is 2.17. The van der Waals surface area contributed by atoms with Crippen LogP contribution in [0.15, 0.2) is 0 Å². The van der Waals surface area contributed by atoms with Gasteiger partial charge in [-0.2, -0.15) is 0 Å². The van der Waals surface area contributed by atoms with Gasteiger partial charge in [-0.25, -0.2) is 0 Å². The summed E-state index contributed by atoms with van der Waals surface area (Å²) < 4.78 is 0. The third-order valence-corrected chi connectivity index (χ3v) is 5.62. The van der Waals surface area contributed by atoms with Gasteiger partial charge in [-0.05, 0) is 63.6 Å². The van der Waals surface area contributed by atoms with E-state index in [9.17, 15) is 0 Å². The normalized spacial score (nSPS) is 25.9. The monoisotopic (exact) mass is 266 g/mol. The van der Waals surface area contributed by atoms with Gasteiger partial charge in [0.05, 0.1) is 0 Å². The molecule has 0 aromatic rings. The van der Waals surface area contributed by atoms with E-state index in [1.54, 1.807) is 0 Å². The molecular formula is C17H34N2. The highest BCUT2D eigenvalue weighted by atomic mass is 15.2. The predicted octanol–water partition coefficient (Wildman–Crippen LogP) is 3.52. The molecule has 0 aromatic heterocycles. The van der Waals surface area contributed by atoms with E-state index in [-0.39, 0.29) is 0 Å². The van der Waals surface area contributed by atoms with Gasteiger partial charge < -0.3 is 10.2 Å². The molecule has 2 fully saturated rings. The van der Waals surface area contributed by atoms with Crippen LogP contribution in [0.4, 0.5) is 0 Å². The Balaban J connectivity index is 1.76. The molecule has 0 spiro atoms. The average Bonchev–Trinajstić information content (AvgIpc) is 2.46. The first-order valence-electron chi connectivity index (χ1n) is 8.60. The minimum absolute atomic E-state index is 0.732. The number of nitrogens with zero attached hydrogens (tertiary/aromatic N) is 1. The number of nitrogens with one attached hydrogen (secondary N) is 1. The lowest BCUT2D eigenvalue weighted by atomic mass is 9.83. The van der Waals surface area contributed by atoms with Crippen molar-refractivity contribution in [1.82, 2.24) is 10.2 Å². The van der Waals surface area contributed by atoms with Gasteiger partial charge in [0.2, 0.25) is 0 Å². The van der Waals surface area contributed by atoms with Crippen molar-refractivity contribution in [3.8, 4) is 0 Å². The second kappa shape index (κ2) is 7.64. The Morgan fingerprint density at radius 1 is 0.947 bits per heavy atom. The lowest BCUT2D eigenvalue weighted by Gasteiger charge is -2.38. The fourth-order valence-electron chi connectivity index (χ4n) is 4.09. The summed E-state index contributed by atoms with van der Waals surface area (Å²) in [5, 5.41) is 3.61. The van der Waals surface area contributed by atoms with Crippen LogP contribution in [0.1, 0.15) is 58.8 Å². The van der Waals surface area contributed by atoms with Crippen molar-refractivity contribution in [2.45, 2.75) is 64.8 Å². The van der Waals surface area contributed by atoms with E-state index >= 15 is 0 Å². The molecule has 1 aliphatic carbocycles. The minimum atomic E-state index is 0.732. The van der Waals surface area contributed by atoms with Crippen LogP contribution in [0.5, 0.6) is 0 Å². The minimum Gasteiger partial charge on any atom is -0.315 e. The van der Waals surface area contributed by atoms with E-state index in [1.807, 2.05) is 0 Å². The molecule has 0 aromatic carbocycles. The molecule has 1 saturated carbocycles. The second-order valence-electron chi connectivity index (χ2n) is 7.18. The number of likely N-dealkylation sites (N-methyl/N-ethyl adjacent to an activating group) is 1. The lowest BCUT2D eigenvalue weighted by Crippen LogP contribution is -2.47. The van der Waals surface area contributed by atoms with Crippen LogP contribution in [0.25, 0.3) is 0 Å². The van der Waals surface area contributed by atoms with Crippen LogP contribution in [0.2, 0.25) is 0 Å². The Kier molecular flexibility index (Phi) is 6.15. The molecule has 0 bridgehead atoms. The highest BCUT2D eigenvalue weighted by molar-refractivity contribution is 4.83. The largest absolute Gasteiger partial charge is 0.315 e. The van der Waals surface area contributed by atoms with E-state index < -0.39 is 0 Å². The van der Waals surface area contributed by atoms with E-state index in [4.69, 9.17) is 0 Å². The van der Waals surface area contributed by atoms with Crippen LogP contribution < -0.4 is 5.32 Å². The summed E-state index contributed by atoms with van der Waals surface area (Å²) in [5.74, 6) is 2.78. The predicted molar refractivity (Wildman–Crippen MR) is 83.4 cm³/mol. The average molecular weight is 266 g/mol. The molecule has 2 aliphatic rings. The van der Waals surface area contributed by atoms with Crippen LogP contribution in [0.3, 0.4) is 0 Å². The number of hydrogen-bond acceptors (Lipinski definition) is 2. The van der Waals surface area contributed by atoms with Crippen molar-refractivity contribution in [3.63, 3.8) is 0 Å². The van der Waals surface area contributed by atoms with Crippen molar-refractivity contribution in [2.75, 3.05) is 26.7 Å². The molecule has 1 N–H and O–H groups in total. The summed E-state index contributed by atoms with van der Waals surface area (Å²) in [6.45, 7) is 8.71. The van der Waals surface area contributed by atoms with Crippen LogP contribution in [-0.2, 0) is 0 Å². The van der Waals surface area contributed by atoms with Crippen LogP contribution in [0, 0.1) is 17.8 Å². The van der Waals surface area contributed by atoms with Gasteiger partial charge in [-0.15, -0.1) is 0 Å². The zero-order valence-corrected chi connectivity index (χ0v) is 13.3. The van der Waals surface area contributed by atoms with Gasteiger partial charge in [-0.3, -0.25) is 0 Å². The van der Waals surface area contributed by atoms with Gasteiger partial charge in [0.1, 0.15) is 0 Å². The van der Waals surface area contributed by atoms with Gasteiger partial charge in [0, 0.05) is 12.6 Å². The van der Waals surface area contributed by atoms with E-state index in [1.165, 1.54) is 64.6 Å². The SMILES string of the molecule is CNC(CN1CCC(C(C)C)CC1)C1CCCCC1. The zero-order chi connectivity index (χ0) is 13.7. The third kappa shape index (κ3) is 4.46. The van der Waals surface area contributed by atoms with E-state index in [0.717, 1.165) is 23.8 Å². The molecule has 0 amide bonds. The molecule has 2 nitrogen and oxygen atoms in total. The molecule has 1 unspecified atom stereocenters. The highest BCUT2D eigenvalue weighted by Crippen LogP contribution is 2.28. The number of piperidine rings is 1. The Hall–Kier alpha value is -0.0800. The Morgan fingerprint density at radius 3 is 2.11 bits per heavy atom. The van der Waals surface area contributed by atoms with Gasteiger partial charge in [0.25, 0.3) is 0 Å². The zero-order valence-electron chi connectivity index (χ0n) is 13.3. The second-order valence-corrected chi connectivity index (χ2v) is 7.18. The van der Waals surface area contributed by atoms with E-state index in [0.29, 0.717) is 0 Å². The third-order valence-electron chi connectivity index (χ3n) is 5.62. The molecule has 2 heteroatoms. The molecule has 112 valence electrons. The Morgan fingerprint density at radius 2 is 1.58 bits per heavy atom. The summed E-state index contributed by atoms with van der Waals surface area (Å²) >= 11 is 0. The van der Waals surface area contributed by atoms with Crippen LogP contribution >= 0.6 is 0 Å². The molecule has 1 saturated heterocycles. The first kappa shape index (κ1) is 15.3. The Labute approximate surface area is 120 Å². The maximum absolute atomic E-state index is 3.61. The number of likely N-dealkylation sites (tertiary alicyclic amines) is 1. The maximum Gasteiger partial charge on any atom is 0.0220 e. The smallest absolute Gasteiger partial charge is 0.0220 e. The molecular weight excluding hydrogens is 232 g/mol. The maximum atomic E-state index is 3.61. The standard InChI is InChI=1S/C17H34N2/c1-14(2)15-9-11-19(12-10-15)13-17(18-3)16-7-5-4-6-8-16/h14-18H,4-13H2,1-3H3. The first-order valence-corrected chi connectivity index (χ1v) is 8.60. The van der Waals surface area contributed by atoms with Crippen molar-refractivity contribution in [2.24, 2.45) is 17.8 Å². The Bertz CT molecular complexity index is 238. The van der Waals surface area contributed by atoms with Crippen LogP contribution in [-0.4, -0.2) is 37.6 Å². The number of rotatable bonds is 5. The fraction of sp³-hybridized carbons (Fsp3) is 1.00. The quantitative estimate of drug-likeness (QED) is 0.819. The van der Waals surface area contributed by atoms with Gasteiger partial charge >= 0.3 is 0 Å². The van der Waals surface area contributed by atoms with Crippen molar-refractivity contribution in [1.29, 1.82) is 0 Å². The lowest BCUT2D eigenvalue weighted by molar-refractivity contribution is 0.127. The van der Waals surface area contributed by atoms with Gasteiger partial charge in [-0.1, -0.05) is 33.1 Å². The summed E-state index contributed by atoms with van der Waals surface area (Å²) in [6, 6.07) is 0.732. The van der Waals surface area contributed by atoms with Crippen molar-refractivity contribution in [3.05, 3.63) is 0 Å². The summed E-state index contributed by atoms with van der Waals surface area (Å²) in [6.07, 6.45) is 10.1. The topological polar surface area (TPSA) is 15.3 Å². The molecule has 1 heterocycles. The molecule has 0 radical (unpaired) electrons.